The van der Waals surface area contributed by atoms with Gasteiger partial charge in [-0.05, 0) is 30.5 Å². The van der Waals surface area contributed by atoms with Gasteiger partial charge in [0.15, 0.2) is 5.16 Å². The van der Waals surface area contributed by atoms with Crippen LogP contribution in [0.4, 0.5) is 11.4 Å². The van der Waals surface area contributed by atoms with Gasteiger partial charge in [0.25, 0.3) is 5.69 Å². The lowest BCUT2D eigenvalue weighted by Crippen LogP contribution is -2.18. The summed E-state index contributed by atoms with van der Waals surface area (Å²) < 4.78 is 7.91. The second kappa shape index (κ2) is 10.2. The first kappa shape index (κ1) is 22.3. The van der Waals surface area contributed by atoms with Crippen LogP contribution in [0.2, 0.25) is 5.02 Å². The Morgan fingerprint density at radius 1 is 1.31 bits per heavy atom. The highest BCUT2D eigenvalue weighted by atomic mass is 35.5. The van der Waals surface area contributed by atoms with Crippen molar-refractivity contribution in [2.75, 3.05) is 17.7 Å². The molecule has 1 saturated heterocycles. The number of halogens is 1. The number of nitrogens with one attached hydrogen (secondary N) is 1. The first-order valence-electron chi connectivity index (χ1n) is 10.1. The predicted molar refractivity (Wildman–Crippen MR) is 124 cm³/mol. The van der Waals surface area contributed by atoms with Gasteiger partial charge in [-0.15, -0.1) is 0 Å². The van der Waals surface area contributed by atoms with Gasteiger partial charge in [-0.3, -0.25) is 14.9 Å². The van der Waals surface area contributed by atoms with E-state index < -0.39 is 4.92 Å². The molecular weight excluding hydrogens is 452 g/mol. The van der Waals surface area contributed by atoms with Crippen LogP contribution in [0.15, 0.2) is 59.9 Å². The number of carbonyl (C=O) groups is 1. The molecule has 166 valence electrons. The topological polar surface area (TPSA) is 99.3 Å². The molecule has 1 unspecified atom stereocenters. The van der Waals surface area contributed by atoms with E-state index in [4.69, 9.17) is 16.3 Å². The largest absolute Gasteiger partial charge is 0.376 e. The lowest BCUT2D eigenvalue weighted by molar-refractivity contribution is -0.384. The molecule has 0 radical (unpaired) electrons. The van der Waals surface area contributed by atoms with Gasteiger partial charge in [0.05, 0.1) is 35.2 Å². The second-order valence-electron chi connectivity index (χ2n) is 7.30. The Balaban J connectivity index is 1.47. The Morgan fingerprint density at radius 3 is 2.84 bits per heavy atom. The number of thioether (sulfide) groups is 1. The molecule has 1 atom stereocenters. The quantitative estimate of drug-likeness (QED) is 0.280. The number of amides is 1. The Kier molecular flexibility index (Phi) is 7.09. The molecule has 1 N–H and O–H groups in total. The summed E-state index contributed by atoms with van der Waals surface area (Å²) in [5, 5.41) is 14.5. The summed E-state index contributed by atoms with van der Waals surface area (Å²) in [6, 6.07) is 14.1. The number of nitro groups is 1. The fourth-order valence-electron chi connectivity index (χ4n) is 3.54. The number of aromatic nitrogens is 2. The number of imidazole rings is 1. The van der Waals surface area contributed by atoms with Gasteiger partial charge < -0.3 is 14.6 Å². The maximum Gasteiger partial charge on any atom is 0.289 e. The third-order valence-electron chi connectivity index (χ3n) is 5.06. The average Bonchev–Trinajstić information content (AvgIpc) is 3.44. The summed E-state index contributed by atoms with van der Waals surface area (Å²) in [5.74, 6) is -0.188. The smallest absolute Gasteiger partial charge is 0.289 e. The van der Waals surface area contributed by atoms with Gasteiger partial charge >= 0.3 is 0 Å². The second-order valence-corrected chi connectivity index (χ2v) is 8.65. The lowest BCUT2D eigenvalue weighted by atomic mass is 10.1. The van der Waals surface area contributed by atoms with Gasteiger partial charge in [-0.2, -0.15) is 0 Å². The Morgan fingerprint density at radius 2 is 2.12 bits per heavy atom. The van der Waals surface area contributed by atoms with E-state index in [-0.39, 0.29) is 28.5 Å². The van der Waals surface area contributed by atoms with E-state index in [1.54, 1.807) is 0 Å². The van der Waals surface area contributed by atoms with Crippen molar-refractivity contribution in [1.29, 1.82) is 0 Å². The molecule has 0 bridgehead atoms. The van der Waals surface area contributed by atoms with Crippen LogP contribution in [0.25, 0.3) is 11.3 Å². The lowest BCUT2D eigenvalue weighted by Gasteiger charge is -2.16. The third kappa shape index (κ3) is 5.29. The minimum atomic E-state index is -0.584. The summed E-state index contributed by atoms with van der Waals surface area (Å²) in [7, 11) is 0. The van der Waals surface area contributed by atoms with Crippen LogP contribution in [0.5, 0.6) is 0 Å². The molecule has 1 aliphatic rings. The summed E-state index contributed by atoms with van der Waals surface area (Å²) >= 11 is 7.14. The Hall–Kier alpha value is -2.88. The molecule has 10 heteroatoms. The highest BCUT2D eigenvalue weighted by molar-refractivity contribution is 7.99. The van der Waals surface area contributed by atoms with E-state index in [1.165, 1.54) is 30.0 Å². The van der Waals surface area contributed by atoms with Gasteiger partial charge in [0.2, 0.25) is 5.91 Å². The molecule has 2 heterocycles. The van der Waals surface area contributed by atoms with Crippen LogP contribution in [0, 0.1) is 10.1 Å². The van der Waals surface area contributed by atoms with Crippen molar-refractivity contribution in [3.63, 3.8) is 0 Å². The Labute approximate surface area is 194 Å². The standard InChI is InChI=1S/C22H21ClN4O4S/c23-18-9-8-16(11-19(18)27(29)30)25-21(28)14-32-22-24-12-20(15-5-2-1-3-6-15)26(22)13-17-7-4-10-31-17/h1-3,5-6,8-9,11-12,17H,4,7,10,13-14H2,(H,25,28). The molecule has 4 rings (SSSR count). The Bertz CT molecular complexity index is 1120. The molecule has 32 heavy (non-hydrogen) atoms. The molecule has 2 aromatic carbocycles. The number of hydrogen-bond acceptors (Lipinski definition) is 6. The number of anilines is 1. The predicted octanol–water partition coefficient (Wildman–Crippen LogP) is 5.02. The van der Waals surface area contributed by atoms with Crippen LogP contribution >= 0.6 is 23.4 Å². The third-order valence-corrected chi connectivity index (χ3v) is 6.37. The van der Waals surface area contributed by atoms with Crippen molar-refractivity contribution in [3.05, 3.63) is 69.9 Å². The molecule has 3 aromatic rings. The van der Waals surface area contributed by atoms with Crippen LogP contribution in [-0.2, 0) is 16.1 Å². The van der Waals surface area contributed by atoms with Crippen molar-refractivity contribution in [2.24, 2.45) is 0 Å². The van der Waals surface area contributed by atoms with Crippen LogP contribution < -0.4 is 5.32 Å². The highest BCUT2D eigenvalue weighted by Crippen LogP contribution is 2.30. The zero-order valence-corrected chi connectivity index (χ0v) is 18.6. The molecular formula is C22H21ClN4O4S. The average molecular weight is 473 g/mol. The molecule has 0 aliphatic carbocycles. The number of rotatable bonds is 8. The fourth-order valence-corrected chi connectivity index (χ4v) is 4.51. The molecule has 8 nitrogen and oxygen atoms in total. The van der Waals surface area contributed by atoms with Crippen molar-refractivity contribution >= 4 is 40.6 Å². The fraction of sp³-hybridized carbons (Fsp3) is 0.273. The van der Waals surface area contributed by atoms with Gasteiger partial charge in [0, 0.05) is 18.4 Å². The van der Waals surface area contributed by atoms with Gasteiger partial charge in [-0.25, -0.2) is 4.98 Å². The number of hydrogen-bond donors (Lipinski definition) is 1. The summed E-state index contributed by atoms with van der Waals surface area (Å²) in [5.41, 5.74) is 2.08. The molecule has 1 aromatic heterocycles. The van der Waals surface area contributed by atoms with Crippen molar-refractivity contribution in [2.45, 2.75) is 30.6 Å². The molecule has 1 amide bonds. The summed E-state index contributed by atoms with van der Waals surface area (Å²) in [6.07, 6.45) is 3.96. The van der Waals surface area contributed by atoms with Crippen LogP contribution in [0.1, 0.15) is 12.8 Å². The molecule has 0 saturated carbocycles. The van der Waals surface area contributed by atoms with E-state index in [1.807, 2.05) is 36.5 Å². The molecule has 0 spiro atoms. The monoisotopic (exact) mass is 472 g/mol. The molecule has 1 aliphatic heterocycles. The normalized spacial score (nSPS) is 15.6. The maximum atomic E-state index is 12.5. The van der Waals surface area contributed by atoms with Crippen molar-refractivity contribution < 1.29 is 14.5 Å². The van der Waals surface area contributed by atoms with Gasteiger partial charge in [0.1, 0.15) is 5.02 Å². The molecule has 1 fully saturated rings. The number of benzene rings is 2. The highest BCUT2D eigenvalue weighted by Gasteiger charge is 2.21. The number of carbonyl (C=O) groups excluding carboxylic acids is 1. The van der Waals surface area contributed by atoms with Crippen LogP contribution in [0.3, 0.4) is 0 Å². The van der Waals surface area contributed by atoms with Crippen LogP contribution in [-0.4, -0.2) is 38.8 Å². The van der Waals surface area contributed by atoms with Gasteiger partial charge in [-0.1, -0.05) is 53.7 Å². The van der Waals surface area contributed by atoms with E-state index in [2.05, 4.69) is 14.9 Å². The number of ether oxygens (including phenoxy) is 1. The minimum Gasteiger partial charge on any atom is -0.376 e. The van der Waals surface area contributed by atoms with E-state index in [9.17, 15) is 14.9 Å². The maximum absolute atomic E-state index is 12.5. The first-order valence-corrected chi connectivity index (χ1v) is 11.5. The van der Waals surface area contributed by atoms with Crippen molar-refractivity contribution in [1.82, 2.24) is 9.55 Å². The number of nitro benzene ring substituents is 1. The minimum absolute atomic E-state index is 0.0203. The SMILES string of the molecule is O=C(CSc1ncc(-c2ccccc2)n1CC1CCCO1)Nc1ccc(Cl)c([N+](=O)[O-])c1. The summed E-state index contributed by atoms with van der Waals surface area (Å²) in [6.45, 7) is 1.43. The summed E-state index contributed by atoms with van der Waals surface area (Å²) in [4.78, 5) is 27.5. The number of nitrogens with zero attached hydrogens (tertiary/aromatic N) is 3. The van der Waals surface area contributed by atoms with E-state index >= 15 is 0 Å². The van der Waals surface area contributed by atoms with Crippen molar-refractivity contribution in [3.8, 4) is 11.3 Å². The zero-order chi connectivity index (χ0) is 22.5. The zero-order valence-electron chi connectivity index (χ0n) is 17.1. The van der Waals surface area contributed by atoms with E-state index in [0.717, 1.165) is 35.9 Å². The first-order chi connectivity index (χ1) is 15.5. The van der Waals surface area contributed by atoms with E-state index in [0.29, 0.717) is 12.2 Å².